The number of carbonyl (C=O) groups excluding carboxylic acids is 2. The second-order valence-electron chi connectivity index (χ2n) is 2.84. The molecule has 0 amide bonds. The molecule has 0 aromatic heterocycles. The molecule has 1 atom stereocenters. The van der Waals surface area contributed by atoms with Gasteiger partial charge in [0, 0.05) is 0 Å². The molecule has 2 heteroatoms. The topological polar surface area (TPSA) is 34.1 Å². The molecule has 1 unspecified atom stereocenters. The zero-order chi connectivity index (χ0) is 9.40. The molecule has 0 saturated carbocycles. The van der Waals surface area contributed by atoms with Crippen LogP contribution < -0.4 is 0 Å². The van der Waals surface area contributed by atoms with E-state index in [1.807, 2.05) is 0 Å². The number of hydrogen-bond donors (Lipinski definition) is 0. The third kappa shape index (κ3) is 4.06. The van der Waals surface area contributed by atoms with Crippen molar-refractivity contribution < 1.29 is 9.59 Å². The van der Waals surface area contributed by atoms with Gasteiger partial charge in [-0.3, -0.25) is 4.79 Å². The van der Waals surface area contributed by atoms with Gasteiger partial charge in [-0.2, -0.15) is 0 Å². The SMILES string of the molecule is C=CC(=O)C(C=O)CCCCC. The largest absolute Gasteiger partial charge is 0.303 e. The monoisotopic (exact) mass is 168 g/mol. The molecule has 0 N–H and O–H groups in total. The van der Waals surface area contributed by atoms with Crippen LogP contribution in [0.4, 0.5) is 0 Å². The van der Waals surface area contributed by atoms with Crippen LogP contribution in [-0.4, -0.2) is 12.1 Å². The summed E-state index contributed by atoms with van der Waals surface area (Å²) in [6.45, 7) is 5.44. The molecule has 0 spiro atoms. The smallest absolute Gasteiger partial charge is 0.165 e. The van der Waals surface area contributed by atoms with Crippen LogP contribution in [0.25, 0.3) is 0 Å². The molecule has 0 saturated heterocycles. The molecule has 0 aromatic rings. The molecule has 0 rings (SSSR count). The number of hydrogen-bond acceptors (Lipinski definition) is 2. The van der Waals surface area contributed by atoms with E-state index in [-0.39, 0.29) is 5.78 Å². The van der Waals surface area contributed by atoms with E-state index >= 15 is 0 Å². The Balaban J connectivity index is 3.75. The summed E-state index contributed by atoms with van der Waals surface area (Å²) in [5, 5.41) is 0. The van der Waals surface area contributed by atoms with Crippen LogP contribution in [0, 0.1) is 5.92 Å². The molecule has 0 aliphatic rings. The van der Waals surface area contributed by atoms with Crippen molar-refractivity contribution in [3.05, 3.63) is 12.7 Å². The van der Waals surface area contributed by atoms with Gasteiger partial charge in [0.15, 0.2) is 5.78 Å². The number of unbranched alkanes of at least 4 members (excludes halogenated alkanes) is 2. The molecular weight excluding hydrogens is 152 g/mol. The molecule has 0 bridgehead atoms. The molecule has 0 aliphatic heterocycles. The van der Waals surface area contributed by atoms with Gasteiger partial charge in [-0.1, -0.05) is 32.8 Å². The molecule has 12 heavy (non-hydrogen) atoms. The first-order valence-electron chi connectivity index (χ1n) is 4.37. The molecule has 0 aromatic carbocycles. The van der Waals surface area contributed by atoms with Crippen LogP contribution in [0.5, 0.6) is 0 Å². The lowest BCUT2D eigenvalue weighted by Gasteiger charge is -2.04. The maximum Gasteiger partial charge on any atom is 0.165 e. The van der Waals surface area contributed by atoms with Crippen LogP contribution in [0.2, 0.25) is 0 Å². The van der Waals surface area contributed by atoms with Crippen LogP contribution >= 0.6 is 0 Å². The highest BCUT2D eigenvalue weighted by Crippen LogP contribution is 2.09. The number of allylic oxidation sites excluding steroid dienone is 1. The van der Waals surface area contributed by atoms with Gasteiger partial charge in [0.25, 0.3) is 0 Å². The molecule has 0 heterocycles. The van der Waals surface area contributed by atoms with Crippen molar-refractivity contribution in [2.24, 2.45) is 5.92 Å². The molecule has 0 radical (unpaired) electrons. The van der Waals surface area contributed by atoms with Crippen LogP contribution in [0.1, 0.15) is 32.6 Å². The van der Waals surface area contributed by atoms with E-state index in [0.717, 1.165) is 25.5 Å². The summed E-state index contributed by atoms with van der Waals surface area (Å²) >= 11 is 0. The second kappa shape index (κ2) is 6.77. The van der Waals surface area contributed by atoms with Crippen molar-refractivity contribution >= 4 is 12.1 Å². The van der Waals surface area contributed by atoms with Crippen molar-refractivity contribution in [1.82, 2.24) is 0 Å². The zero-order valence-electron chi connectivity index (χ0n) is 7.58. The van der Waals surface area contributed by atoms with Gasteiger partial charge in [0.05, 0.1) is 5.92 Å². The number of rotatable bonds is 7. The van der Waals surface area contributed by atoms with E-state index < -0.39 is 5.92 Å². The lowest BCUT2D eigenvalue weighted by Crippen LogP contribution is -2.12. The normalized spacial score (nSPS) is 12.1. The molecule has 0 aliphatic carbocycles. The first kappa shape index (κ1) is 11.1. The summed E-state index contributed by atoms with van der Waals surface area (Å²) < 4.78 is 0. The van der Waals surface area contributed by atoms with Crippen LogP contribution in [0.3, 0.4) is 0 Å². The zero-order valence-corrected chi connectivity index (χ0v) is 7.58. The number of aldehydes is 1. The minimum Gasteiger partial charge on any atom is -0.303 e. The highest BCUT2D eigenvalue weighted by atomic mass is 16.1. The summed E-state index contributed by atoms with van der Waals surface area (Å²) in [4.78, 5) is 21.4. The lowest BCUT2D eigenvalue weighted by atomic mass is 9.98. The summed E-state index contributed by atoms with van der Waals surface area (Å²) in [6.07, 6.45) is 5.75. The van der Waals surface area contributed by atoms with E-state index in [1.54, 1.807) is 0 Å². The third-order valence-corrected chi connectivity index (χ3v) is 1.85. The van der Waals surface area contributed by atoms with Crippen molar-refractivity contribution in [1.29, 1.82) is 0 Å². The van der Waals surface area contributed by atoms with E-state index in [0.29, 0.717) is 6.42 Å². The molecule has 0 fully saturated rings. The average molecular weight is 168 g/mol. The van der Waals surface area contributed by atoms with E-state index in [1.165, 1.54) is 6.08 Å². The maximum atomic E-state index is 11.0. The van der Waals surface area contributed by atoms with E-state index in [9.17, 15) is 9.59 Å². The number of carbonyl (C=O) groups is 2. The Hall–Kier alpha value is -0.920. The Labute approximate surface area is 73.7 Å². The summed E-state index contributed by atoms with van der Waals surface area (Å²) in [5.41, 5.74) is 0. The van der Waals surface area contributed by atoms with Gasteiger partial charge in [-0.25, -0.2) is 0 Å². The fraction of sp³-hybridized carbons (Fsp3) is 0.600. The first-order valence-corrected chi connectivity index (χ1v) is 4.37. The summed E-state index contributed by atoms with van der Waals surface area (Å²) in [7, 11) is 0. The number of ketones is 1. The van der Waals surface area contributed by atoms with Gasteiger partial charge in [-0.05, 0) is 12.5 Å². The minimum absolute atomic E-state index is 0.152. The average Bonchev–Trinajstić information content (AvgIpc) is 2.11. The van der Waals surface area contributed by atoms with Crippen LogP contribution in [0.15, 0.2) is 12.7 Å². The quantitative estimate of drug-likeness (QED) is 0.252. The van der Waals surface area contributed by atoms with Crippen molar-refractivity contribution in [3.8, 4) is 0 Å². The predicted molar refractivity (Wildman–Crippen MR) is 48.9 cm³/mol. The Morgan fingerprint density at radius 3 is 2.58 bits per heavy atom. The fourth-order valence-electron chi connectivity index (χ4n) is 1.04. The van der Waals surface area contributed by atoms with Gasteiger partial charge < -0.3 is 4.79 Å². The van der Waals surface area contributed by atoms with Crippen molar-refractivity contribution in [2.75, 3.05) is 0 Å². The predicted octanol–water partition coefficient (Wildman–Crippen LogP) is 2.14. The lowest BCUT2D eigenvalue weighted by molar-refractivity contribution is -0.124. The van der Waals surface area contributed by atoms with Crippen molar-refractivity contribution in [2.45, 2.75) is 32.6 Å². The maximum absolute atomic E-state index is 11.0. The summed E-state index contributed by atoms with van der Waals surface area (Å²) in [6, 6.07) is 0. The molecule has 2 nitrogen and oxygen atoms in total. The Morgan fingerprint density at radius 2 is 2.17 bits per heavy atom. The Bertz CT molecular complexity index is 161. The highest BCUT2D eigenvalue weighted by Gasteiger charge is 2.12. The van der Waals surface area contributed by atoms with E-state index in [4.69, 9.17) is 0 Å². The van der Waals surface area contributed by atoms with Gasteiger partial charge >= 0.3 is 0 Å². The second-order valence-corrected chi connectivity index (χ2v) is 2.84. The van der Waals surface area contributed by atoms with E-state index in [2.05, 4.69) is 13.5 Å². The Kier molecular flexibility index (Phi) is 6.25. The highest BCUT2D eigenvalue weighted by molar-refractivity contribution is 6.00. The third-order valence-electron chi connectivity index (χ3n) is 1.85. The van der Waals surface area contributed by atoms with Crippen LogP contribution in [-0.2, 0) is 9.59 Å². The Morgan fingerprint density at radius 1 is 1.50 bits per heavy atom. The van der Waals surface area contributed by atoms with Gasteiger partial charge in [-0.15, -0.1) is 0 Å². The first-order chi connectivity index (χ1) is 5.76. The standard InChI is InChI=1S/C10H16O2/c1-3-5-6-7-9(8-11)10(12)4-2/h4,8-9H,2-3,5-7H2,1H3. The minimum atomic E-state index is -0.450. The van der Waals surface area contributed by atoms with Gasteiger partial charge in [0.2, 0.25) is 0 Å². The van der Waals surface area contributed by atoms with Crippen molar-refractivity contribution in [3.63, 3.8) is 0 Å². The summed E-state index contributed by atoms with van der Waals surface area (Å²) in [5.74, 6) is -0.602. The fourth-order valence-corrected chi connectivity index (χ4v) is 1.04. The molecular formula is C10H16O2. The molecule has 68 valence electrons. The van der Waals surface area contributed by atoms with Gasteiger partial charge in [0.1, 0.15) is 6.29 Å².